The van der Waals surface area contributed by atoms with E-state index in [2.05, 4.69) is 9.97 Å². The number of nitrogens with zero attached hydrogens (tertiary/aromatic N) is 3. The third-order valence-electron chi connectivity index (χ3n) is 5.86. The molecule has 0 radical (unpaired) electrons. The molecule has 2 fully saturated rings. The number of nitrogens with one attached hydrogen (secondary N) is 1. The number of carbonyl (C=O) groups is 1. The molecule has 1 amide bonds. The first-order valence-corrected chi connectivity index (χ1v) is 10.9. The topological polar surface area (TPSA) is 112 Å². The molecule has 2 atom stereocenters. The molecule has 146 valence electrons. The predicted octanol–water partition coefficient (Wildman–Crippen LogP) is 0.771. The van der Waals surface area contributed by atoms with Crippen LogP contribution in [0.1, 0.15) is 19.3 Å². The second kappa shape index (κ2) is 7.21. The van der Waals surface area contributed by atoms with Crippen molar-refractivity contribution >= 4 is 27.0 Å². The third kappa shape index (κ3) is 3.24. The molecule has 1 saturated heterocycles. The van der Waals surface area contributed by atoms with Crippen LogP contribution in [0.5, 0.6) is 0 Å². The van der Waals surface area contributed by atoms with E-state index >= 15 is 0 Å². The zero-order chi connectivity index (χ0) is 19.0. The lowest BCUT2D eigenvalue weighted by molar-refractivity contribution is -0.137. The van der Waals surface area contributed by atoms with Crippen LogP contribution in [0.3, 0.4) is 0 Å². The summed E-state index contributed by atoms with van der Waals surface area (Å²) in [7, 11) is -3.62. The number of hydrogen-bond donors (Lipinski definition) is 2. The molecule has 0 unspecified atom stereocenters. The molecule has 4 rings (SSSR count). The number of aromatic nitrogens is 2. The highest BCUT2D eigenvalue weighted by Gasteiger charge is 2.37. The van der Waals surface area contributed by atoms with Crippen LogP contribution in [-0.2, 0) is 14.8 Å². The van der Waals surface area contributed by atoms with Crippen molar-refractivity contribution in [2.75, 3.05) is 32.7 Å². The highest BCUT2D eigenvalue weighted by atomic mass is 32.2. The van der Waals surface area contributed by atoms with Gasteiger partial charge in [0.15, 0.2) is 0 Å². The Morgan fingerprint density at radius 2 is 2.04 bits per heavy atom. The highest BCUT2D eigenvalue weighted by molar-refractivity contribution is 7.89. The van der Waals surface area contributed by atoms with Crippen LogP contribution in [-0.4, -0.2) is 66.2 Å². The first-order valence-electron chi connectivity index (χ1n) is 9.43. The fraction of sp³-hybridized carbons (Fsp3) is 0.556. The maximum atomic E-state index is 13.1. The Balaban J connectivity index is 1.46. The maximum absolute atomic E-state index is 13.1. The molecule has 2 aromatic rings. The molecule has 3 N–H and O–H groups in total. The van der Waals surface area contributed by atoms with Crippen molar-refractivity contribution in [2.45, 2.75) is 24.2 Å². The monoisotopic (exact) mass is 391 g/mol. The number of pyridine rings is 1. The highest BCUT2D eigenvalue weighted by Crippen LogP contribution is 2.33. The van der Waals surface area contributed by atoms with Gasteiger partial charge in [0.05, 0.1) is 0 Å². The van der Waals surface area contributed by atoms with E-state index in [1.54, 1.807) is 23.2 Å². The molecular formula is C18H25N5O3S. The smallest absolute Gasteiger partial charge is 0.245 e. The van der Waals surface area contributed by atoms with E-state index < -0.39 is 10.0 Å². The summed E-state index contributed by atoms with van der Waals surface area (Å²) in [4.78, 5) is 21.9. The average Bonchev–Trinajstić information content (AvgIpc) is 3.34. The molecule has 9 heteroatoms. The number of fused-ring (bicyclic) bond motifs is 1. The van der Waals surface area contributed by atoms with E-state index in [1.165, 1.54) is 10.5 Å². The summed E-state index contributed by atoms with van der Waals surface area (Å²) in [5, 5.41) is 0.591. The second-order valence-corrected chi connectivity index (χ2v) is 9.22. The maximum Gasteiger partial charge on any atom is 0.245 e. The summed E-state index contributed by atoms with van der Waals surface area (Å²) in [6, 6.07) is 3.47. The first kappa shape index (κ1) is 18.4. The molecule has 8 nitrogen and oxygen atoms in total. The van der Waals surface area contributed by atoms with Crippen molar-refractivity contribution in [3.05, 3.63) is 24.5 Å². The molecule has 1 aliphatic heterocycles. The van der Waals surface area contributed by atoms with Crippen LogP contribution < -0.4 is 5.73 Å². The molecule has 3 heterocycles. The van der Waals surface area contributed by atoms with Crippen molar-refractivity contribution in [1.82, 2.24) is 19.2 Å². The van der Waals surface area contributed by atoms with Gasteiger partial charge in [-0.15, -0.1) is 0 Å². The molecule has 27 heavy (non-hydrogen) atoms. The number of rotatable bonds is 4. The van der Waals surface area contributed by atoms with E-state index in [9.17, 15) is 13.2 Å². The van der Waals surface area contributed by atoms with Crippen LogP contribution >= 0.6 is 0 Å². The molecule has 0 aromatic carbocycles. The number of piperazine rings is 1. The van der Waals surface area contributed by atoms with Crippen molar-refractivity contribution in [3.8, 4) is 0 Å². The van der Waals surface area contributed by atoms with Gasteiger partial charge in [0, 0.05) is 49.9 Å². The van der Waals surface area contributed by atoms with Crippen molar-refractivity contribution in [2.24, 2.45) is 17.6 Å². The SMILES string of the molecule is NC[C@H]1CCC[C@H]1C(=O)N1CCN(S(=O)(=O)c2c[nH]c3ncccc23)CC1. The summed E-state index contributed by atoms with van der Waals surface area (Å²) >= 11 is 0. The molecule has 0 spiro atoms. The van der Waals surface area contributed by atoms with Gasteiger partial charge >= 0.3 is 0 Å². The molecular weight excluding hydrogens is 366 g/mol. The number of sulfonamides is 1. The minimum atomic E-state index is -3.62. The van der Waals surface area contributed by atoms with Crippen LogP contribution in [0.2, 0.25) is 0 Å². The summed E-state index contributed by atoms with van der Waals surface area (Å²) in [6.07, 6.45) is 6.06. The van der Waals surface area contributed by atoms with E-state index in [1.807, 2.05) is 0 Å². The van der Waals surface area contributed by atoms with Gasteiger partial charge in [0.1, 0.15) is 10.5 Å². The minimum absolute atomic E-state index is 0.00199. The average molecular weight is 391 g/mol. The summed E-state index contributed by atoms with van der Waals surface area (Å²) in [6.45, 7) is 2.00. The zero-order valence-electron chi connectivity index (χ0n) is 15.2. The lowest BCUT2D eigenvalue weighted by atomic mass is 9.94. The quantitative estimate of drug-likeness (QED) is 0.799. The Hall–Kier alpha value is -1.97. The fourth-order valence-electron chi connectivity index (χ4n) is 4.31. The number of H-pyrrole nitrogens is 1. The van der Waals surface area contributed by atoms with Crippen LogP contribution in [0.25, 0.3) is 11.0 Å². The van der Waals surface area contributed by atoms with E-state index in [4.69, 9.17) is 5.73 Å². The normalized spacial score (nSPS) is 24.6. The number of nitrogens with two attached hydrogens (primary N) is 1. The predicted molar refractivity (Wildman–Crippen MR) is 101 cm³/mol. The van der Waals surface area contributed by atoms with E-state index in [0.717, 1.165) is 19.3 Å². The number of carbonyl (C=O) groups excluding carboxylic acids is 1. The molecule has 1 aliphatic carbocycles. The molecule has 2 aromatic heterocycles. The van der Waals surface area contributed by atoms with Gasteiger partial charge in [0.25, 0.3) is 0 Å². The lowest BCUT2D eigenvalue weighted by Gasteiger charge is -2.36. The molecule has 0 bridgehead atoms. The largest absolute Gasteiger partial charge is 0.345 e. The Morgan fingerprint density at radius 1 is 1.26 bits per heavy atom. The van der Waals surface area contributed by atoms with Crippen molar-refractivity contribution in [3.63, 3.8) is 0 Å². The van der Waals surface area contributed by atoms with E-state index in [0.29, 0.717) is 43.8 Å². The summed E-state index contributed by atoms with van der Waals surface area (Å²) in [5.74, 6) is 0.395. The van der Waals surface area contributed by atoms with Gasteiger partial charge in [-0.25, -0.2) is 13.4 Å². The Morgan fingerprint density at radius 3 is 2.78 bits per heavy atom. The zero-order valence-corrected chi connectivity index (χ0v) is 16.0. The Labute approximate surface area is 158 Å². The van der Waals surface area contributed by atoms with Crippen molar-refractivity contribution in [1.29, 1.82) is 0 Å². The third-order valence-corrected chi connectivity index (χ3v) is 7.80. The van der Waals surface area contributed by atoms with Gasteiger partial charge in [-0.3, -0.25) is 4.79 Å². The summed E-state index contributed by atoms with van der Waals surface area (Å²) < 4.78 is 27.6. The van der Waals surface area contributed by atoms with E-state index in [-0.39, 0.29) is 22.6 Å². The van der Waals surface area contributed by atoms with Gasteiger partial charge in [-0.05, 0) is 37.4 Å². The Bertz CT molecular complexity index is 933. The standard InChI is InChI=1S/C18H25N5O3S/c19-11-13-3-1-4-14(13)18(24)22-7-9-23(10-8-22)27(25,26)16-12-21-17-15(16)5-2-6-20-17/h2,5-6,12-14H,1,3-4,7-11,19H2,(H,20,21)/t13-,14-/m1/s1. The Kier molecular flexibility index (Phi) is 4.92. The number of hydrogen-bond acceptors (Lipinski definition) is 5. The van der Waals surface area contributed by atoms with Crippen LogP contribution in [0.4, 0.5) is 0 Å². The first-order chi connectivity index (χ1) is 13.0. The minimum Gasteiger partial charge on any atom is -0.345 e. The molecule has 1 saturated carbocycles. The second-order valence-electron chi connectivity index (χ2n) is 7.32. The lowest BCUT2D eigenvalue weighted by Crippen LogP contribution is -2.52. The number of aromatic amines is 1. The van der Waals surface area contributed by atoms with Gasteiger partial charge in [-0.2, -0.15) is 4.31 Å². The summed E-state index contributed by atoms with van der Waals surface area (Å²) in [5.41, 5.74) is 6.36. The number of amides is 1. The van der Waals surface area contributed by atoms with Gasteiger partial charge < -0.3 is 15.6 Å². The molecule has 2 aliphatic rings. The van der Waals surface area contributed by atoms with Gasteiger partial charge in [-0.1, -0.05) is 6.42 Å². The van der Waals surface area contributed by atoms with Crippen molar-refractivity contribution < 1.29 is 13.2 Å². The van der Waals surface area contributed by atoms with Crippen LogP contribution in [0.15, 0.2) is 29.4 Å². The fourth-order valence-corrected chi connectivity index (χ4v) is 5.88. The van der Waals surface area contributed by atoms with Gasteiger partial charge in [0.2, 0.25) is 15.9 Å². The van der Waals surface area contributed by atoms with Crippen LogP contribution in [0, 0.1) is 11.8 Å².